The number of nitro benzene ring substituents is 1. The SMILES string of the molecule is O=C([O-])NC(=O)c1ccc([N+](=O)[O-])cc1. The van der Waals surface area contributed by atoms with E-state index in [0.717, 1.165) is 24.3 Å². The number of non-ortho nitro benzene ring substituents is 1. The number of imide groups is 1. The zero-order chi connectivity index (χ0) is 11.4. The number of nitrogens with one attached hydrogen (secondary N) is 1. The van der Waals surface area contributed by atoms with E-state index in [1.807, 2.05) is 0 Å². The Hall–Kier alpha value is -2.44. The lowest BCUT2D eigenvalue weighted by atomic mass is 10.2. The van der Waals surface area contributed by atoms with Gasteiger partial charge in [-0.15, -0.1) is 0 Å². The molecular weight excluding hydrogens is 204 g/mol. The van der Waals surface area contributed by atoms with E-state index < -0.39 is 16.9 Å². The van der Waals surface area contributed by atoms with Crippen molar-refractivity contribution in [2.75, 3.05) is 0 Å². The van der Waals surface area contributed by atoms with Crippen LogP contribution in [0, 0.1) is 10.1 Å². The molecule has 0 fully saturated rings. The van der Waals surface area contributed by atoms with E-state index in [1.54, 1.807) is 0 Å². The lowest BCUT2D eigenvalue weighted by Crippen LogP contribution is -2.40. The highest BCUT2D eigenvalue weighted by atomic mass is 16.6. The summed E-state index contributed by atoms with van der Waals surface area (Å²) in [6.07, 6.45) is -1.72. The molecule has 7 heteroatoms. The Balaban J connectivity index is 2.84. The molecule has 0 heterocycles. The first-order valence-corrected chi connectivity index (χ1v) is 3.77. The molecule has 0 spiro atoms. The minimum absolute atomic E-state index is 0.00444. The summed E-state index contributed by atoms with van der Waals surface area (Å²) in [6, 6.07) is 4.50. The molecule has 1 aromatic rings. The van der Waals surface area contributed by atoms with Crippen LogP contribution in [-0.2, 0) is 0 Å². The Kier molecular flexibility index (Phi) is 2.97. The van der Waals surface area contributed by atoms with Gasteiger partial charge >= 0.3 is 0 Å². The van der Waals surface area contributed by atoms with Gasteiger partial charge in [0.2, 0.25) is 0 Å². The second kappa shape index (κ2) is 4.18. The Labute approximate surface area is 83.5 Å². The summed E-state index contributed by atoms with van der Waals surface area (Å²) in [5.41, 5.74) is -0.176. The standard InChI is InChI=1S/C8H6N2O5/c11-7(9-8(12)13)5-1-3-6(4-2-5)10(14)15/h1-4H,(H,9,11)(H,12,13)/p-1. The quantitative estimate of drug-likeness (QED) is 0.529. The summed E-state index contributed by atoms with van der Waals surface area (Å²) in [6.45, 7) is 0. The zero-order valence-corrected chi connectivity index (χ0v) is 7.30. The number of hydrogen-bond acceptors (Lipinski definition) is 5. The van der Waals surface area contributed by atoms with E-state index in [-0.39, 0.29) is 11.3 Å². The van der Waals surface area contributed by atoms with Gasteiger partial charge in [-0.1, -0.05) is 0 Å². The topological polar surface area (TPSA) is 112 Å². The first-order chi connectivity index (χ1) is 7.00. The smallest absolute Gasteiger partial charge is 0.269 e. The Morgan fingerprint density at radius 2 is 1.73 bits per heavy atom. The lowest BCUT2D eigenvalue weighted by Gasteiger charge is -2.04. The van der Waals surface area contributed by atoms with Crippen molar-refractivity contribution in [1.82, 2.24) is 5.32 Å². The van der Waals surface area contributed by atoms with Gasteiger partial charge in [-0.25, -0.2) is 0 Å². The van der Waals surface area contributed by atoms with Gasteiger partial charge in [0.1, 0.15) is 6.09 Å². The second-order valence-electron chi connectivity index (χ2n) is 2.55. The van der Waals surface area contributed by atoms with Crippen molar-refractivity contribution in [3.63, 3.8) is 0 Å². The fourth-order valence-electron chi connectivity index (χ4n) is 0.899. The Morgan fingerprint density at radius 3 is 2.13 bits per heavy atom. The highest BCUT2D eigenvalue weighted by molar-refractivity contribution is 6.02. The third-order valence-electron chi connectivity index (χ3n) is 1.56. The molecule has 0 aliphatic rings. The molecule has 0 aliphatic heterocycles. The van der Waals surface area contributed by atoms with E-state index in [0.29, 0.717) is 0 Å². The van der Waals surface area contributed by atoms with Crippen LogP contribution < -0.4 is 10.4 Å². The Morgan fingerprint density at radius 1 is 1.20 bits per heavy atom. The van der Waals surface area contributed by atoms with Gasteiger partial charge in [-0.2, -0.15) is 0 Å². The molecule has 2 amide bonds. The molecular formula is C8H5N2O5-. The molecule has 15 heavy (non-hydrogen) atoms. The van der Waals surface area contributed by atoms with Crippen molar-refractivity contribution in [3.05, 3.63) is 39.9 Å². The number of carboxylic acid groups (broad SMARTS) is 1. The Bertz CT molecular complexity index is 412. The highest BCUT2D eigenvalue weighted by Crippen LogP contribution is 2.11. The van der Waals surface area contributed by atoms with Gasteiger partial charge in [0.25, 0.3) is 11.6 Å². The third kappa shape index (κ3) is 2.76. The number of carbonyl (C=O) groups excluding carboxylic acids is 2. The van der Waals surface area contributed by atoms with Crippen molar-refractivity contribution in [3.8, 4) is 0 Å². The molecule has 0 bridgehead atoms. The van der Waals surface area contributed by atoms with Gasteiger partial charge in [-0.05, 0) is 12.1 Å². The van der Waals surface area contributed by atoms with E-state index in [9.17, 15) is 24.8 Å². The number of carbonyl (C=O) groups is 2. The molecule has 0 saturated carbocycles. The van der Waals surface area contributed by atoms with Gasteiger partial charge in [-0.3, -0.25) is 14.9 Å². The predicted molar refractivity (Wildman–Crippen MR) is 46.0 cm³/mol. The summed E-state index contributed by atoms with van der Waals surface area (Å²) in [5.74, 6) is -0.884. The second-order valence-corrected chi connectivity index (χ2v) is 2.55. The maximum absolute atomic E-state index is 11.0. The van der Waals surface area contributed by atoms with E-state index >= 15 is 0 Å². The molecule has 0 aliphatic carbocycles. The van der Waals surface area contributed by atoms with Gasteiger partial charge in [0.15, 0.2) is 0 Å². The van der Waals surface area contributed by atoms with Crippen molar-refractivity contribution in [1.29, 1.82) is 0 Å². The van der Waals surface area contributed by atoms with Crippen LogP contribution in [0.4, 0.5) is 10.5 Å². The fourth-order valence-corrected chi connectivity index (χ4v) is 0.899. The minimum atomic E-state index is -1.72. The van der Waals surface area contributed by atoms with E-state index in [4.69, 9.17) is 0 Å². The van der Waals surface area contributed by atoms with Crippen LogP contribution in [0.15, 0.2) is 24.3 Å². The molecule has 1 N–H and O–H groups in total. The largest absolute Gasteiger partial charge is 0.530 e. The van der Waals surface area contributed by atoms with E-state index in [1.165, 1.54) is 5.32 Å². The lowest BCUT2D eigenvalue weighted by molar-refractivity contribution is -0.384. The van der Waals surface area contributed by atoms with Crippen LogP contribution in [-0.4, -0.2) is 16.9 Å². The molecule has 1 aromatic carbocycles. The maximum atomic E-state index is 11.0. The van der Waals surface area contributed by atoms with Gasteiger partial charge < -0.3 is 15.2 Å². The number of nitro groups is 1. The average Bonchev–Trinajstić information content (AvgIpc) is 2.17. The summed E-state index contributed by atoms with van der Waals surface area (Å²) < 4.78 is 0. The number of amides is 2. The number of hydrogen-bond donors (Lipinski definition) is 1. The van der Waals surface area contributed by atoms with Crippen LogP contribution >= 0.6 is 0 Å². The molecule has 7 nitrogen and oxygen atoms in total. The molecule has 78 valence electrons. The summed E-state index contributed by atoms with van der Waals surface area (Å²) in [7, 11) is 0. The van der Waals surface area contributed by atoms with Crippen LogP contribution in [0.5, 0.6) is 0 Å². The normalized spacial score (nSPS) is 9.33. The average molecular weight is 209 g/mol. The first kappa shape index (κ1) is 10.6. The zero-order valence-electron chi connectivity index (χ0n) is 7.30. The van der Waals surface area contributed by atoms with Crippen molar-refractivity contribution in [2.45, 2.75) is 0 Å². The molecule has 0 radical (unpaired) electrons. The van der Waals surface area contributed by atoms with Crippen LogP contribution in [0.2, 0.25) is 0 Å². The molecule has 1 rings (SSSR count). The number of benzene rings is 1. The van der Waals surface area contributed by atoms with Crippen LogP contribution in [0.1, 0.15) is 10.4 Å². The van der Waals surface area contributed by atoms with Crippen molar-refractivity contribution < 1.29 is 19.6 Å². The predicted octanol–water partition coefficient (Wildman–Crippen LogP) is -0.332. The monoisotopic (exact) mass is 209 g/mol. The molecule has 0 saturated heterocycles. The summed E-state index contributed by atoms with van der Waals surface area (Å²) >= 11 is 0. The molecule has 0 aromatic heterocycles. The maximum Gasteiger partial charge on any atom is 0.269 e. The van der Waals surface area contributed by atoms with E-state index in [2.05, 4.69) is 0 Å². The van der Waals surface area contributed by atoms with Crippen molar-refractivity contribution >= 4 is 17.7 Å². The van der Waals surface area contributed by atoms with Gasteiger partial charge in [0.05, 0.1) is 4.92 Å². The molecule has 0 unspecified atom stereocenters. The van der Waals surface area contributed by atoms with Crippen molar-refractivity contribution in [2.24, 2.45) is 0 Å². The van der Waals surface area contributed by atoms with Crippen LogP contribution in [0.3, 0.4) is 0 Å². The summed E-state index contributed by atoms with van der Waals surface area (Å²) in [4.78, 5) is 30.7. The number of nitrogens with zero attached hydrogens (tertiary/aromatic N) is 1. The van der Waals surface area contributed by atoms with Crippen LogP contribution in [0.25, 0.3) is 0 Å². The van der Waals surface area contributed by atoms with Gasteiger partial charge in [0, 0.05) is 17.7 Å². The molecule has 0 atom stereocenters. The first-order valence-electron chi connectivity index (χ1n) is 3.77. The fraction of sp³-hybridized carbons (Fsp3) is 0. The number of rotatable bonds is 2. The third-order valence-corrected chi connectivity index (χ3v) is 1.56. The summed E-state index contributed by atoms with van der Waals surface area (Å²) in [5, 5.41) is 21.8. The highest BCUT2D eigenvalue weighted by Gasteiger charge is 2.08. The minimum Gasteiger partial charge on any atom is -0.530 e.